The van der Waals surface area contributed by atoms with Gasteiger partial charge < -0.3 is 11.1 Å². The Kier molecular flexibility index (Phi) is 4.27. The molecule has 0 aromatic heterocycles. The fraction of sp³-hybridized carbons (Fsp3) is 0.133. The van der Waals surface area contributed by atoms with Crippen molar-refractivity contribution in [1.82, 2.24) is 0 Å². The van der Waals surface area contributed by atoms with Gasteiger partial charge in [-0.3, -0.25) is 4.79 Å². The average Bonchev–Trinajstić information content (AvgIpc) is 2.44. The SMILES string of the molecule is CC(Nc1ccc(F)cc1)(C(N)=O)c1ccc(F)c(Br)c1. The first kappa shape index (κ1) is 15.4. The minimum absolute atomic E-state index is 0.230. The number of anilines is 1. The van der Waals surface area contributed by atoms with Gasteiger partial charge in [-0.2, -0.15) is 0 Å². The molecule has 1 atom stereocenters. The molecule has 0 bridgehead atoms. The molecule has 0 fully saturated rings. The summed E-state index contributed by atoms with van der Waals surface area (Å²) in [7, 11) is 0. The molecule has 0 aliphatic rings. The highest BCUT2D eigenvalue weighted by Crippen LogP contribution is 2.29. The monoisotopic (exact) mass is 354 g/mol. The third kappa shape index (κ3) is 3.21. The Morgan fingerprint density at radius 1 is 1.19 bits per heavy atom. The minimum Gasteiger partial charge on any atom is -0.368 e. The average molecular weight is 355 g/mol. The molecule has 0 radical (unpaired) electrons. The number of primary amides is 1. The van der Waals surface area contributed by atoms with Crippen molar-refractivity contribution >= 4 is 27.5 Å². The topological polar surface area (TPSA) is 55.1 Å². The summed E-state index contributed by atoms with van der Waals surface area (Å²) in [4.78, 5) is 11.9. The molecule has 0 spiro atoms. The summed E-state index contributed by atoms with van der Waals surface area (Å²) in [5.74, 6) is -1.46. The first-order chi connectivity index (χ1) is 9.83. The van der Waals surface area contributed by atoms with E-state index in [0.29, 0.717) is 11.3 Å². The largest absolute Gasteiger partial charge is 0.368 e. The Bertz CT molecular complexity index is 676. The molecule has 0 saturated heterocycles. The molecule has 1 amide bonds. The predicted octanol–water partition coefficient (Wildman–Crippen LogP) is 3.54. The van der Waals surface area contributed by atoms with Gasteiger partial charge in [-0.15, -0.1) is 0 Å². The van der Waals surface area contributed by atoms with Gasteiger partial charge in [-0.05, 0) is 64.8 Å². The predicted molar refractivity (Wildman–Crippen MR) is 80.7 cm³/mol. The van der Waals surface area contributed by atoms with E-state index in [-0.39, 0.29) is 10.3 Å². The van der Waals surface area contributed by atoms with Gasteiger partial charge in [-0.1, -0.05) is 6.07 Å². The quantitative estimate of drug-likeness (QED) is 0.882. The zero-order valence-electron chi connectivity index (χ0n) is 11.2. The van der Waals surface area contributed by atoms with Gasteiger partial charge in [0.15, 0.2) is 0 Å². The highest BCUT2D eigenvalue weighted by Gasteiger charge is 2.33. The van der Waals surface area contributed by atoms with E-state index < -0.39 is 17.3 Å². The van der Waals surface area contributed by atoms with Crippen LogP contribution in [0, 0.1) is 11.6 Å². The molecule has 0 aliphatic heterocycles. The van der Waals surface area contributed by atoms with Gasteiger partial charge in [-0.25, -0.2) is 8.78 Å². The molecule has 21 heavy (non-hydrogen) atoms. The Balaban J connectivity index is 2.42. The van der Waals surface area contributed by atoms with Crippen molar-refractivity contribution in [3.05, 3.63) is 64.1 Å². The summed E-state index contributed by atoms with van der Waals surface area (Å²) in [6.45, 7) is 1.58. The van der Waals surface area contributed by atoms with Crippen LogP contribution in [0.15, 0.2) is 46.9 Å². The molecule has 2 rings (SSSR count). The second-order valence-corrected chi connectivity index (χ2v) is 5.60. The van der Waals surface area contributed by atoms with Gasteiger partial charge >= 0.3 is 0 Å². The Hall–Kier alpha value is -1.95. The van der Waals surface area contributed by atoms with Crippen LogP contribution in [-0.2, 0) is 10.3 Å². The van der Waals surface area contributed by atoms with Crippen molar-refractivity contribution in [2.24, 2.45) is 5.73 Å². The maximum Gasteiger partial charge on any atom is 0.247 e. The van der Waals surface area contributed by atoms with Crippen molar-refractivity contribution in [2.75, 3.05) is 5.32 Å². The molecule has 0 heterocycles. The number of rotatable bonds is 4. The molecule has 1 unspecified atom stereocenters. The number of carbonyl (C=O) groups is 1. The molecule has 3 N–H and O–H groups in total. The summed E-state index contributed by atoms with van der Waals surface area (Å²) in [6.07, 6.45) is 0. The zero-order chi connectivity index (χ0) is 15.6. The summed E-state index contributed by atoms with van der Waals surface area (Å²) >= 11 is 3.08. The fourth-order valence-electron chi connectivity index (χ4n) is 1.91. The summed E-state index contributed by atoms with van der Waals surface area (Å²) in [5, 5.41) is 2.96. The van der Waals surface area contributed by atoms with Crippen LogP contribution >= 0.6 is 15.9 Å². The fourth-order valence-corrected chi connectivity index (χ4v) is 2.28. The summed E-state index contributed by atoms with van der Waals surface area (Å²) < 4.78 is 26.5. The van der Waals surface area contributed by atoms with Gasteiger partial charge in [0.1, 0.15) is 17.2 Å². The number of hydrogen-bond acceptors (Lipinski definition) is 2. The van der Waals surface area contributed by atoms with Crippen molar-refractivity contribution in [3.63, 3.8) is 0 Å². The van der Waals surface area contributed by atoms with Gasteiger partial charge in [0.25, 0.3) is 0 Å². The maximum atomic E-state index is 13.3. The smallest absolute Gasteiger partial charge is 0.247 e. The number of nitrogens with two attached hydrogens (primary N) is 1. The van der Waals surface area contributed by atoms with Crippen LogP contribution in [0.25, 0.3) is 0 Å². The van der Waals surface area contributed by atoms with Gasteiger partial charge in [0, 0.05) is 5.69 Å². The third-order valence-electron chi connectivity index (χ3n) is 3.23. The first-order valence-electron chi connectivity index (χ1n) is 6.12. The second-order valence-electron chi connectivity index (χ2n) is 4.75. The number of halogens is 3. The number of benzene rings is 2. The lowest BCUT2D eigenvalue weighted by atomic mass is 9.90. The molecule has 6 heteroatoms. The van der Waals surface area contributed by atoms with E-state index >= 15 is 0 Å². The van der Waals surface area contributed by atoms with E-state index in [1.165, 1.54) is 42.5 Å². The number of amides is 1. The van der Waals surface area contributed by atoms with Crippen LogP contribution in [0.5, 0.6) is 0 Å². The van der Waals surface area contributed by atoms with E-state index in [0.717, 1.165) is 0 Å². The molecular weight excluding hydrogens is 342 g/mol. The highest BCUT2D eigenvalue weighted by molar-refractivity contribution is 9.10. The van der Waals surface area contributed by atoms with Crippen LogP contribution < -0.4 is 11.1 Å². The van der Waals surface area contributed by atoms with Crippen molar-refractivity contribution in [3.8, 4) is 0 Å². The lowest BCUT2D eigenvalue weighted by molar-refractivity contribution is -0.122. The Labute approximate surface area is 129 Å². The third-order valence-corrected chi connectivity index (χ3v) is 3.84. The van der Waals surface area contributed by atoms with E-state index in [1.807, 2.05) is 0 Å². The number of nitrogens with one attached hydrogen (secondary N) is 1. The normalized spacial score (nSPS) is 13.5. The van der Waals surface area contributed by atoms with Gasteiger partial charge in [0.05, 0.1) is 4.47 Å². The van der Waals surface area contributed by atoms with Crippen LogP contribution in [0.3, 0.4) is 0 Å². The molecule has 0 aliphatic carbocycles. The zero-order valence-corrected chi connectivity index (χ0v) is 12.7. The lowest BCUT2D eigenvalue weighted by Crippen LogP contribution is -2.45. The van der Waals surface area contributed by atoms with E-state index in [9.17, 15) is 13.6 Å². The molecule has 110 valence electrons. The van der Waals surface area contributed by atoms with E-state index in [1.54, 1.807) is 6.92 Å². The van der Waals surface area contributed by atoms with Crippen molar-refractivity contribution in [2.45, 2.75) is 12.5 Å². The Morgan fingerprint density at radius 3 is 2.33 bits per heavy atom. The molecule has 2 aromatic carbocycles. The lowest BCUT2D eigenvalue weighted by Gasteiger charge is -2.29. The molecule has 2 aromatic rings. The highest BCUT2D eigenvalue weighted by atomic mass is 79.9. The maximum absolute atomic E-state index is 13.3. The number of carbonyl (C=O) groups excluding carboxylic acids is 1. The van der Waals surface area contributed by atoms with Gasteiger partial charge in [0.2, 0.25) is 5.91 Å². The van der Waals surface area contributed by atoms with Crippen LogP contribution in [0.4, 0.5) is 14.5 Å². The number of hydrogen-bond donors (Lipinski definition) is 2. The van der Waals surface area contributed by atoms with E-state index in [4.69, 9.17) is 5.73 Å². The van der Waals surface area contributed by atoms with Crippen LogP contribution in [-0.4, -0.2) is 5.91 Å². The molecule has 0 saturated carbocycles. The second kappa shape index (κ2) is 5.81. The first-order valence-corrected chi connectivity index (χ1v) is 6.91. The minimum atomic E-state index is -1.26. The molecule has 3 nitrogen and oxygen atoms in total. The van der Waals surface area contributed by atoms with Crippen molar-refractivity contribution < 1.29 is 13.6 Å². The van der Waals surface area contributed by atoms with Crippen molar-refractivity contribution in [1.29, 1.82) is 0 Å². The van der Waals surface area contributed by atoms with Crippen LogP contribution in [0.1, 0.15) is 12.5 Å². The molecular formula is C15H13BrF2N2O. The Morgan fingerprint density at radius 2 is 1.81 bits per heavy atom. The summed E-state index contributed by atoms with van der Waals surface area (Å²) in [5.41, 5.74) is 5.25. The standard InChI is InChI=1S/C15H13BrF2N2O/c1-15(14(19)21,9-2-7-13(18)12(16)8-9)20-11-5-3-10(17)4-6-11/h2-8,20H,1H3,(H2,19,21). The van der Waals surface area contributed by atoms with Crippen LogP contribution in [0.2, 0.25) is 0 Å². The summed E-state index contributed by atoms with van der Waals surface area (Å²) in [6, 6.07) is 9.73. The van der Waals surface area contributed by atoms with E-state index in [2.05, 4.69) is 21.2 Å².